The van der Waals surface area contributed by atoms with Crippen LogP contribution in [0.25, 0.3) is 0 Å². The van der Waals surface area contributed by atoms with Crippen molar-refractivity contribution in [1.29, 1.82) is 0 Å². The van der Waals surface area contributed by atoms with Crippen LogP contribution < -0.4 is 0 Å². The van der Waals surface area contributed by atoms with Crippen molar-refractivity contribution < 1.29 is 9.53 Å². The Morgan fingerprint density at radius 1 is 1.40 bits per heavy atom. The van der Waals surface area contributed by atoms with E-state index in [-0.39, 0.29) is 0 Å². The Kier molecular flexibility index (Phi) is 4.43. The Balaban J connectivity index is 2.40. The largest absolute Gasteiger partial charge is 0.456 e. The van der Waals surface area contributed by atoms with Crippen LogP contribution in [-0.4, -0.2) is 12.6 Å². The molecule has 0 atom stereocenters. The van der Waals surface area contributed by atoms with Gasteiger partial charge in [0.05, 0.1) is 6.61 Å². The highest BCUT2D eigenvalue weighted by Crippen LogP contribution is 2.07. The highest BCUT2D eigenvalue weighted by molar-refractivity contribution is 5.88. The number of ether oxygens (including phenoxy) is 1. The highest BCUT2D eigenvalue weighted by atomic mass is 16.5. The lowest BCUT2D eigenvalue weighted by atomic mass is 10.1. The maximum absolute atomic E-state index is 10.9. The van der Waals surface area contributed by atoms with Gasteiger partial charge in [0.2, 0.25) is 0 Å². The monoisotopic (exact) mass is 202 g/mol. The Morgan fingerprint density at radius 2 is 2.13 bits per heavy atom. The zero-order chi connectivity index (χ0) is 11.1. The highest BCUT2D eigenvalue weighted by Gasteiger charge is 1.99. The van der Waals surface area contributed by atoms with Crippen LogP contribution in [0.1, 0.15) is 18.1 Å². The third-order valence-electron chi connectivity index (χ3n) is 2.09. The Morgan fingerprint density at radius 3 is 2.80 bits per heavy atom. The summed E-state index contributed by atoms with van der Waals surface area (Å²) in [6.45, 7) is 4.05. The summed E-state index contributed by atoms with van der Waals surface area (Å²) in [5.41, 5.74) is 2.42. The molecule has 0 radical (unpaired) electrons. The van der Waals surface area contributed by atoms with Crippen molar-refractivity contribution in [3.8, 4) is 11.8 Å². The van der Waals surface area contributed by atoms with Gasteiger partial charge in [-0.1, -0.05) is 30.2 Å². The van der Waals surface area contributed by atoms with Gasteiger partial charge < -0.3 is 4.74 Å². The van der Waals surface area contributed by atoms with Crippen molar-refractivity contribution in [2.24, 2.45) is 0 Å². The first-order valence-electron chi connectivity index (χ1n) is 4.88. The van der Waals surface area contributed by atoms with E-state index in [9.17, 15) is 4.79 Å². The fourth-order valence-corrected chi connectivity index (χ4v) is 1.28. The van der Waals surface area contributed by atoms with Crippen LogP contribution in [0.5, 0.6) is 0 Å². The molecule has 0 spiro atoms. The molecule has 0 aliphatic heterocycles. The average Bonchev–Trinajstić information content (AvgIpc) is 2.21. The lowest BCUT2D eigenvalue weighted by Gasteiger charge is -2.04. The first kappa shape index (κ1) is 11.3. The SMILES string of the molecule is CC#CC(=O)OCCc1ccccc1C. The smallest absolute Gasteiger partial charge is 0.384 e. The number of carbonyl (C=O) groups excluding carboxylic acids is 1. The van der Waals surface area contributed by atoms with E-state index in [0.717, 1.165) is 6.42 Å². The van der Waals surface area contributed by atoms with Crippen molar-refractivity contribution >= 4 is 5.97 Å². The van der Waals surface area contributed by atoms with Crippen molar-refractivity contribution in [2.45, 2.75) is 20.3 Å². The maximum atomic E-state index is 10.9. The molecule has 0 aliphatic carbocycles. The first-order chi connectivity index (χ1) is 7.24. The maximum Gasteiger partial charge on any atom is 0.384 e. The standard InChI is InChI=1S/C13H14O2/c1-3-6-13(14)15-10-9-12-8-5-4-7-11(12)2/h4-5,7-8H,9-10H2,1-2H3. The van der Waals surface area contributed by atoms with E-state index < -0.39 is 5.97 Å². The predicted molar refractivity (Wildman–Crippen MR) is 59.3 cm³/mol. The molecule has 0 aromatic heterocycles. The number of rotatable bonds is 3. The number of esters is 1. The Hall–Kier alpha value is -1.75. The number of carbonyl (C=O) groups is 1. The van der Waals surface area contributed by atoms with Crippen LogP contribution in [-0.2, 0) is 16.0 Å². The first-order valence-corrected chi connectivity index (χ1v) is 4.88. The van der Waals surface area contributed by atoms with E-state index >= 15 is 0 Å². The van der Waals surface area contributed by atoms with E-state index in [1.165, 1.54) is 11.1 Å². The second-order valence-corrected chi connectivity index (χ2v) is 3.19. The summed E-state index contributed by atoms with van der Waals surface area (Å²) in [6.07, 6.45) is 0.740. The topological polar surface area (TPSA) is 26.3 Å². The molecule has 15 heavy (non-hydrogen) atoms. The van der Waals surface area contributed by atoms with Crippen LogP contribution in [0.15, 0.2) is 24.3 Å². The molecule has 1 rings (SSSR count). The lowest BCUT2D eigenvalue weighted by Crippen LogP contribution is -2.05. The molecule has 0 aliphatic rings. The fraction of sp³-hybridized carbons (Fsp3) is 0.308. The van der Waals surface area contributed by atoms with Gasteiger partial charge in [0.25, 0.3) is 0 Å². The van der Waals surface area contributed by atoms with E-state index in [4.69, 9.17) is 4.74 Å². The van der Waals surface area contributed by atoms with Crippen molar-refractivity contribution in [1.82, 2.24) is 0 Å². The summed E-state index contributed by atoms with van der Waals surface area (Å²) >= 11 is 0. The summed E-state index contributed by atoms with van der Waals surface area (Å²) in [4.78, 5) is 10.9. The van der Waals surface area contributed by atoms with Gasteiger partial charge >= 0.3 is 5.97 Å². The predicted octanol–water partition coefficient (Wildman–Crippen LogP) is 2.10. The van der Waals surface area contributed by atoms with Gasteiger partial charge in [-0.15, -0.1) is 0 Å². The minimum atomic E-state index is -0.453. The van der Waals surface area contributed by atoms with E-state index in [2.05, 4.69) is 11.8 Å². The van der Waals surface area contributed by atoms with Gasteiger partial charge in [-0.3, -0.25) is 0 Å². The molecule has 1 aromatic rings. The zero-order valence-electron chi connectivity index (χ0n) is 9.04. The molecular formula is C13H14O2. The second-order valence-electron chi connectivity index (χ2n) is 3.19. The molecular weight excluding hydrogens is 188 g/mol. The molecule has 0 bridgehead atoms. The van der Waals surface area contributed by atoms with E-state index in [0.29, 0.717) is 6.61 Å². The van der Waals surface area contributed by atoms with Gasteiger partial charge in [0.1, 0.15) is 0 Å². The van der Waals surface area contributed by atoms with Gasteiger partial charge in [0.15, 0.2) is 0 Å². The fourth-order valence-electron chi connectivity index (χ4n) is 1.28. The molecule has 0 saturated heterocycles. The quantitative estimate of drug-likeness (QED) is 0.426. The molecule has 0 N–H and O–H groups in total. The third-order valence-corrected chi connectivity index (χ3v) is 2.09. The van der Waals surface area contributed by atoms with Gasteiger partial charge in [-0.05, 0) is 25.0 Å². The van der Waals surface area contributed by atoms with Crippen LogP contribution in [0.4, 0.5) is 0 Å². The molecule has 2 heteroatoms. The molecule has 0 amide bonds. The van der Waals surface area contributed by atoms with Crippen molar-refractivity contribution in [3.05, 3.63) is 35.4 Å². The van der Waals surface area contributed by atoms with E-state index in [1.807, 2.05) is 31.2 Å². The second kappa shape index (κ2) is 5.87. The summed E-state index contributed by atoms with van der Waals surface area (Å²) in [5.74, 6) is 4.39. The van der Waals surface area contributed by atoms with Crippen LogP contribution in [0.2, 0.25) is 0 Å². The third kappa shape index (κ3) is 3.86. The lowest BCUT2D eigenvalue weighted by molar-refractivity contribution is -0.136. The summed E-state index contributed by atoms with van der Waals surface area (Å²) in [5, 5.41) is 0. The zero-order valence-corrected chi connectivity index (χ0v) is 9.04. The summed E-state index contributed by atoms with van der Waals surface area (Å²) in [7, 11) is 0. The number of hydrogen-bond donors (Lipinski definition) is 0. The van der Waals surface area contributed by atoms with Gasteiger partial charge in [-0.2, -0.15) is 0 Å². The molecule has 0 fully saturated rings. The van der Waals surface area contributed by atoms with Crippen molar-refractivity contribution in [2.75, 3.05) is 6.61 Å². The number of hydrogen-bond acceptors (Lipinski definition) is 2. The Labute approximate surface area is 90.3 Å². The number of aryl methyl sites for hydroxylation is 1. The average molecular weight is 202 g/mol. The summed E-state index contributed by atoms with van der Waals surface area (Å²) in [6, 6.07) is 8.06. The minimum absolute atomic E-state index is 0.387. The van der Waals surface area contributed by atoms with Crippen molar-refractivity contribution in [3.63, 3.8) is 0 Å². The van der Waals surface area contributed by atoms with E-state index in [1.54, 1.807) is 6.92 Å². The normalized spacial score (nSPS) is 8.93. The minimum Gasteiger partial charge on any atom is -0.456 e. The molecule has 2 nitrogen and oxygen atoms in total. The molecule has 0 heterocycles. The van der Waals surface area contributed by atoms with Gasteiger partial charge in [0, 0.05) is 12.3 Å². The molecule has 1 aromatic carbocycles. The van der Waals surface area contributed by atoms with Crippen LogP contribution >= 0.6 is 0 Å². The molecule has 0 unspecified atom stereocenters. The number of benzene rings is 1. The summed E-state index contributed by atoms with van der Waals surface area (Å²) < 4.78 is 4.93. The van der Waals surface area contributed by atoms with Crippen LogP contribution in [0, 0.1) is 18.8 Å². The molecule has 0 saturated carbocycles. The van der Waals surface area contributed by atoms with Crippen LogP contribution in [0.3, 0.4) is 0 Å². The van der Waals surface area contributed by atoms with Gasteiger partial charge in [-0.25, -0.2) is 4.79 Å². The molecule has 78 valence electrons. The Bertz CT molecular complexity index is 396.